The van der Waals surface area contributed by atoms with Crippen LogP contribution in [0.5, 0.6) is 0 Å². The van der Waals surface area contributed by atoms with Crippen molar-refractivity contribution in [2.45, 2.75) is 44.2 Å². The Labute approximate surface area is 155 Å². The predicted molar refractivity (Wildman–Crippen MR) is 98.5 cm³/mol. The Hall–Kier alpha value is -0.810. The minimum Gasteiger partial charge on any atom is -0.370 e. The molecule has 3 atom stereocenters. The van der Waals surface area contributed by atoms with Gasteiger partial charge in [-0.15, -0.1) is 12.4 Å². The topological polar surface area (TPSA) is 55.6 Å². The molecule has 1 aliphatic carbocycles. The first-order valence-corrected chi connectivity index (χ1v) is 8.91. The fourth-order valence-electron chi connectivity index (χ4n) is 3.60. The summed E-state index contributed by atoms with van der Waals surface area (Å²) in [5.41, 5.74) is 7.25. The summed E-state index contributed by atoms with van der Waals surface area (Å²) < 4.78 is 5.83. The van der Waals surface area contributed by atoms with E-state index in [2.05, 4.69) is 0 Å². The number of nitrogens with two attached hydrogens (primary N) is 1. The highest BCUT2D eigenvalue weighted by Gasteiger charge is 2.29. The van der Waals surface area contributed by atoms with Crippen molar-refractivity contribution in [1.82, 2.24) is 4.90 Å². The lowest BCUT2D eigenvalue weighted by atomic mass is 9.82. The molecule has 3 rings (SSSR count). The van der Waals surface area contributed by atoms with Crippen molar-refractivity contribution >= 4 is 29.9 Å². The Bertz CT molecular complexity index is 538. The average Bonchev–Trinajstić information content (AvgIpc) is 2.58. The van der Waals surface area contributed by atoms with Gasteiger partial charge in [0.1, 0.15) is 6.10 Å². The number of morpholine rings is 1. The first kappa shape index (κ1) is 19.5. The predicted octanol–water partition coefficient (Wildman–Crippen LogP) is 3.57. The lowest BCUT2D eigenvalue weighted by molar-refractivity contribution is -0.140. The summed E-state index contributed by atoms with van der Waals surface area (Å²) in [4.78, 5) is 14.6. The van der Waals surface area contributed by atoms with Gasteiger partial charge in [0, 0.05) is 24.0 Å². The maximum absolute atomic E-state index is 12.6. The highest BCUT2D eigenvalue weighted by Crippen LogP contribution is 2.28. The Morgan fingerprint density at radius 3 is 2.67 bits per heavy atom. The third-order valence-corrected chi connectivity index (χ3v) is 5.32. The number of hydrogen-bond acceptors (Lipinski definition) is 3. The van der Waals surface area contributed by atoms with E-state index in [1.807, 2.05) is 29.2 Å². The minimum absolute atomic E-state index is 0. The number of benzene rings is 1. The summed E-state index contributed by atoms with van der Waals surface area (Å²) in [5.74, 6) is 0.558. The number of rotatable bonds is 3. The van der Waals surface area contributed by atoms with Crippen LogP contribution in [0.1, 0.15) is 43.8 Å². The SMILES string of the molecule is Cl.NC1CCCCC1CC(=O)N1CCOC(c2ccc(Cl)cc2)C1. The molecule has 1 aromatic rings. The summed E-state index contributed by atoms with van der Waals surface area (Å²) in [7, 11) is 0. The fraction of sp³-hybridized carbons (Fsp3) is 0.611. The molecule has 0 aromatic heterocycles. The fourth-order valence-corrected chi connectivity index (χ4v) is 3.72. The van der Waals surface area contributed by atoms with E-state index < -0.39 is 0 Å². The van der Waals surface area contributed by atoms with E-state index in [9.17, 15) is 4.79 Å². The molecule has 0 spiro atoms. The normalized spacial score (nSPS) is 27.4. The van der Waals surface area contributed by atoms with Crippen LogP contribution in [-0.4, -0.2) is 36.5 Å². The number of nitrogens with zero attached hydrogens (tertiary/aromatic N) is 1. The van der Waals surface area contributed by atoms with Gasteiger partial charge in [0.2, 0.25) is 5.91 Å². The third-order valence-electron chi connectivity index (χ3n) is 5.07. The molecular weight excluding hydrogens is 347 g/mol. The van der Waals surface area contributed by atoms with Crippen LogP contribution in [0.4, 0.5) is 0 Å². The van der Waals surface area contributed by atoms with Gasteiger partial charge in [0.05, 0.1) is 13.2 Å². The molecule has 0 radical (unpaired) electrons. The molecule has 1 saturated carbocycles. The van der Waals surface area contributed by atoms with Gasteiger partial charge < -0.3 is 15.4 Å². The van der Waals surface area contributed by atoms with E-state index in [1.165, 1.54) is 12.8 Å². The lowest BCUT2D eigenvalue weighted by Gasteiger charge is -2.35. The van der Waals surface area contributed by atoms with Gasteiger partial charge in [-0.25, -0.2) is 0 Å². The zero-order chi connectivity index (χ0) is 16.2. The maximum atomic E-state index is 12.6. The minimum atomic E-state index is -0.0648. The highest BCUT2D eigenvalue weighted by molar-refractivity contribution is 6.30. The summed E-state index contributed by atoms with van der Waals surface area (Å²) >= 11 is 5.93. The largest absolute Gasteiger partial charge is 0.370 e. The monoisotopic (exact) mass is 372 g/mol. The van der Waals surface area contributed by atoms with Crippen LogP contribution in [0.2, 0.25) is 5.02 Å². The molecule has 1 aliphatic heterocycles. The van der Waals surface area contributed by atoms with Crippen LogP contribution in [0, 0.1) is 5.92 Å². The van der Waals surface area contributed by atoms with Gasteiger partial charge in [0.15, 0.2) is 0 Å². The number of carbonyl (C=O) groups is 1. The Morgan fingerprint density at radius 2 is 1.96 bits per heavy atom. The molecule has 6 heteroatoms. The van der Waals surface area contributed by atoms with E-state index in [0.29, 0.717) is 37.1 Å². The zero-order valence-electron chi connectivity index (χ0n) is 13.8. The molecule has 1 amide bonds. The van der Waals surface area contributed by atoms with Gasteiger partial charge in [-0.2, -0.15) is 0 Å². The van der Waals surface area contributed by atoms with Crippen molar-refractivity contribution in [1.29, 1.82) is 0 Å². The van der Waals surface area contributed by atoms with Crippen LogP contribution in [-0.2, 0) is 9.53 Å². The molecule has 2 aliphatic rings. The zero-order valence-corrected chi connectivity index (χ0v) is 15.4. The van der Waals surface area contributed by atoms with Crippen molar-refractivity contribution in [2.24, 2.45) is 11.7 Å². The Balaban J connectivity index is 0.00000208. The summed E-state index contributed by atoms with van der Waals surface area (Å²) in [5, 5.41) is 0.712. The molecule has 4 nitrogen and oxygen atoms in total. The Kier molecular flexibility index (Phi) is 7.35. The van der Waals surface area contributed by atoms with E-state index in [4.69, 9.17) is 22.1 Å². The number of ether oxygens (including phenoxy) is 1. The first-order chi connectivity index (χ1) is 11.1. The molecule has 24 heavy (non-hydrogen) atoms. The lowest BCUT2D eigenvalue weighted by Crippen LogP contribution is -2.44. The number of halogens is 2. The quantitative estimate of drug-likeness (QED) is 0.881. The molecule has 0 bridgehead atoms. The van der Waals surface area contributed by atoms with Gasteiger partial charge in [-0.1, -0.05) is 36.6 Å². The maximum Gasteiger partial charge on any atom is 0.223 e. The van der Waals surface area contributed by atoms with Gasteiger partial charge in [-0.05, 0) is 36.5 Å². The van der Waals surface area contributed by atoms with Crippen molar-refractivity contribution in [2.75, 3.05) is 19.7 Å². The second-order valence-corrected chi connectivity index (χ2v) is 7.10. The standard InChI is InChI=1S/C18H25ClN2O2.ClH/c19-15-7-5-13(6-8-15)17-12-21(9-10-23-17)18(22)11-14-3-1-2-4-16(14)20;/h5-8,14,16-17H,1-4,9-12,20H2;1H. The Morgan fingerprint density at radius 1 is 1.25 bits per heavy atom. The van der Waals surface area contributed by atoms with Crippen molar-refractivity contribution in [3.8, 4) is 0 Å². The van der Waals surface area contributed by atoms with Crippen LogP contribution in [0.15, 0.2) is 24.3 Å². The van der Waals surface area contributed by atoms with Crippen molar-refractivity contribution < 1.29 is 9.53 Å². The van der Waals surface area contributed by atoms with Gasteiger partial charge in [-0.3, -0.25) is 4.79 Å². The molecule has 1 saturated heterocycles. The number of amides is 1. The highest BCUT2D eigenvalue weighted by atomic mass is 35.5. The van der Waals surface area contributed by atoms with Crippen LogP contribution in [0.3, 0.4) is 0 Å². The van der Waals surface area contributed by atoms with Crippen molar-refractivity contribution in [3.05, 3.63) is 34.9 Å². The number of carbonyl (C=O) groups excluding carboxylic acids is 1. The second kappa shape index (κ2) is 9.04. The summed E-state index contributed by atoms with van der Waals surface area (Å²) in [6.45, 7) is 1.86. The van der Waals surface area contributed by atoms with E-state index in [-0.39, 0.29) is 30.5 Å². The van der Waals surface area contributed by atoms with E-state index in [0.717, 1.165) is 18.4 Å². The molecule has 2 N–H and O–H groups in total. The second-order valence-electron chi connectivity index (χ2n) is 6.66. The third kappa shape index (κ3) is 4.85. The molecule has 134 valence electrons. The average molecular weight is 373 g/mol. The van der Waals surface area contributed by atoms with Crippen LogP contribution < -0.4 is 5.73 Å². The summed E-state index contributed by atoms with van der Waals surface area (Å²) in [6, 6.07) is 7.85. The van der Waals surface area contributed by atoms with Crippen molar-refractivity contribution in [3.63, 3.8) is 0 Å². The van der Waals surface area contributed by atoms with Crippen LogP contribution >= 0.6 is 24.0 Å². The first-order valence-electron chi connectivity index (χ1n) is 8.54. The van der Waals surface area contributed by atoms with Crippen LogP contribution in [0.25, 0.3) is 0 Å². The summed E-state index contributed by atoms with van der Waals surface area (Å²) in [6.07, 6.45) is 5.04. The van der Waals surface area contributed by atoms with E-state index >= 15 is 0 Å². The molecule has 2 fully saturated rings. The molecular formula is C18H26Cl2N2O2. The van der Waals surface area contributed by atoms with E-state index in [1.54, 1.807) is 0 Å². The van der Waals surface area contributed by atoms with Gasteiger partial charge in [0.25, 0.3) is 0 Å². The van der Waals surface area contributed by atoms with Gasteiger partial charge >= 0.3 is 0 Å². The molecule has 1 heterocycles. The molecule has 3 unspecified atom stereocenters. The molecule has 1 aromatic carbocycles. The number of hydrogen-bond donors (Lipinski definition) is 1. The smallest absolute Gasteiger partial charge is 0.223 e.